The van der Waals surface area contributed by atoms with Gasteiger partial charge in [-0.15, -0.1) is 0 Å². The standard InChI is InChI=1S/C17H19ClFNO/c1-11(2)21-17-7-5-14(9-15(17)18)20-10-13-4-6-16(19)12(3)8-13/h4-9,11,20H,10H2,1-3H3. The topological polar surface area (TPSA) is 21.3 Å². The normalized spacial score (nSPS) is 10.8. The number of anilines is 1. The van der Waals surface area contributed by atoms with Gasteiger partial charge in [-0.05, 0) is 56.2 Å². The van der Waals surface area contributed by atoms with Crippen LogP contribution in [0.4, 0.5) is 10.1 Å². The van der Waals surface area contributed by atoms with Gasteiger partial charge in [-0.3, -0.25) is 0 Å². The summed E-state index contributed by atoms with van der Waals surface area (Å²) in [5, 5.41) is 3.84. The summed E-state index contributed by atoms with van der Waals surface area (Å²) in [4.78, 5) is 0. The fraction of sp³-hybridized carbons (Fsp3) is 0.294. The molecule has 2 aromatic carbocycles. The molecule has 2 nitrogen and oxygen atoms in total. The third kappa shape index (κ3) is 4.36. The van der Waals surface area contributed by atoms with E-state index >= 15 is 0 Å². The number of aryl methyl sites for hydroxylation is 1. The van der Waals surface area contributed by atoms with Crippen molar-refractivity contribution in [2.45, 2.75) is 33.4 Å². The van der Waals surface area contributed by atoms with E-state index in [9.17, 15) is 4.39 Å². The van der Waals surface area contributed by atoms with Crippen molar-refractivity contribution in [3.63, 3.8) is 0 Å². The Labute approximate surface area is 129 Å². The molecule has 21 heavy (non-hydrogen) atoms. The second kappa shape index (κ2) is 6.81. The van der Waals surface area contributed by atoms with Gasteiger partial charge in [-0.2, -0.15) is 0 Å². The molecule has 112 valence electrons. The van der Waals surface area contributed by atoms with Crippen molar-refractivity contribution in [2.75, 3.05) is 5.32 Å². The van der Waals surface area contributed by atoms with Gasteiger partial charge < -0.3 is 10.1 Å². The Balaban J connectivity index is 2.03. The largest absolute Gasteiger partial charge is 0.489 e. The van der Waals surface area contributed by atoms with Crippen molar-refractivity contribution in [1.29, 1.82) is 0 Å². The number of nitrogens with one attached hydrogen (secondary N) is 1. The first-order valence-electron chi connectivity index (χ1n) is 6.91. The van der Waals surface area contributed by atoms with Crippen molar-refractivity contribution in [3.05, 3.63) is 58.4 Å². The lowest BCUT2D eigenvalue weighted by molar-refractivity contribution is 0.242. The highest BCUT2D eigenvalue weighted by atomic mass is 35.5. The third-order valence-corrected chi connectivity index (χ3v) is 3.31. The average molecular weight is 308 g/mol. The summed E-state index contributed by atoms with van der Waals surface area (Å²) >= 11 is 6.19. The SMILES string of the molecule is Cc1cc(CNc2ccc(OC(C)C)c(Cl)c2)ccc1F. The molecule has 0 aromatic heterocycles. The molecular weight excluding hydrogens is 289 g/mol. The van der Waals surface area contributed by atoms with Gasteiger partial charge in [-0.25, -0.2) is 4.39 Å². The predicted molar refractivity (Wildman–Crippen MR) is 85.7 cm³/mol. The molecule has 0 aliphatic carbocycles. The minimum absolute atomic E-state index is 0.0866. The molecule has 0 saturated carbocycles. The molecule has 2 aromatic rings. The molecule has 0 heterocycles. The van der Waals surface area contributed by atoms with E-state index in [1.54, 1.807) is 13.0 Å². The quantitative estimate of drug-likeness (QED) is 0.821. The molecule has 0 spiro atoms. The van der Waals surface area contributed by atoms with Gasteiger partial charge in [0, 0.05) is 12.2 Å². The Morgan fingerprint density at radius 1 is 1.19 bits per heavy atom. The number of hydrogen-bond donors (Lipinski definition) is 1. The van der Waals surface area contributed by atoms with Crippen LogP contribution in [0.3, 0.4) is 0 Å². The maximum Gasteiger partial charge on any atom is 0.138 e. The van der Waals surface area contributed by atoms with E-state index < -0.39 is 0 Å². The molecule has 2 rings (SSSR count). The van der Waals surface area contributed by atoms with Gasteiger partial charge in [0.2, 0.25) is 0 Å². The summed E-state index contributed by atoms with van der Waals surface area (Å²) in [6.45, 7) is 6.29. The van der Waals surface area contributed by atoms with Gasteiger partial charge in [-0.1, -0.05) is 23.7 Å². The maximum absolute atomic E-state index is 13.2. The lowest BCUT2D eigenvalue weighted by atomic mass is 10.1. The van der Waals surface area contributed by atoms with E-state index in [1.165, 1.54) is 6.07 Å². The molecule has 4 heteroatoms. The highest BCUT2D eigenvalue weighted by Crippen LogP contribution is 2.28. The minimum atomic E-state index is -0.183. The summed E-state index contributed by atoms with van der Waals surface area (Å²) in [5.74, 6) is 0.492. The smallest absolute Gasteiger partial charge is 0.138 e. The van der Waals surface area contributed by atoms with Gasteiger partial charge >= 0.3 is 0 Å². The second-order valence-electron chi connectivity index (χ2n) is 5.25. The highest BCUT2D eigenvalue weighted by Gasteiger charge is 2.05. The van der Waals surface area contributed by atoms with E-state index in [0.29, 0.717) is 22.9 Å². The third-order valence-electron chi connectivity index (χ3n) is 3.01. The van der Waals surface area contributed by atoms with Crippen LogP contribution in [-0.4, -0.2) is 6.10 Å². The minimum Gasteiger partial charge on any atom is -0.489 e. The van der Waals surface area contributed by atoms with Gasteiger partial charge in [0.1, 0.15) is 11.6 Å². The van der Waals surface area contributed by atoms with Crippen LogP contribution in [-0.2, 0) is 6.54 Å². The van der Waals surface area contributed by atoms with Crippen LogP contribution in [0.5, 0.6) is 5.75 Å². The molecule has 0 atom stereocenters. The van der Waals surface area contributed by atoms with Crippen molar-refractivity contribution >= 4 is 17.3 Å². The van der Waals surface area contributed by atoms with Crippen LogP contribution in [0.25, 0.3) is 0 Å². The monoisotopic (exact) mass is 307 g/mol. The number of benzene rings is 2. The Hall–Kier alpha value is -1.74. The highest BCUT2D eigenvalue weighted by molar-refractivity contribution is 6.32. The van der Waals surface area contributed by atoms with Crippen molar-refractivity contribution in [2.24, 2.45) is 0 Å². The van der Waals surface area contributed by atoms with Crippen LogP contribution in [0.15, 0.2) is 36.4 Å². The van der Waals surface area contributed by atoms with E-state index in [-0.39, 0.29) is 11.9 Å². The molecular formula is C17H19ClFNO. The van der Waals surface area contributed by atoms with Gasteiger partial charge in [0.25, 0.3) is 0 Å². The van der Waals surface area contributed by atoms with Crippen molar-refractivity contribution < 1.29 is 9.13 Å². The van der Waals surface area contributed by atoms with Crippen LogP contribution >= 0.6 is 11.6 Å². The first kappa shape index (κ1) is 15.6. The van der Waals surface area contributed by atoms with E-state index in [2.05, 4.69) is 5.32 Å². The maximum atomic E-state index is 13.2. The predicted octanol–water partition coefficient (Wildman–Crippen LogP) is 5.19. The van der Waals surface area contributed by atoms with E-state index in [0.717, 1.165) is 11.3 Å². The number of halogens is 2. The van der Waals surface area contributed by atoms with Gasteiger partial charge in [0.05, 0.1) is 11.1 Å². The fourth-order valence-corrected chi connectivity index (χ4v) is 2.21. The molecule has 0 unspecified atom stereocenters. The van der Waals surface area contributed by atoms with Crippen molar-refractivity contribution in [3.8, 4) is 5.75 Å². The zero-order valence-corrected chi connectivity index (χ0v) is 13.2. The first-order valence-corrected chi connectivity index (χ1v) is 7.28. The fourth-order valence-electron chi connectivity index (χ4n) is 1.98. The molecule has 0 aliphatic rings. The summed E-state index contributed by atoms with van der Waals surface area (Å²) in [7, 11) is 0. The van der Waals surface area contributed by atoms with E-state index in [1.807, 2.05) is 38.1 Å². The summed E-state index contributed by atoms with van der Waals surface area (Å²) < 4.78 is 18.8. The Bertz CT molecular complexity index is 628. The molecule has 0 saturated heterocycles. The molecule has 1 N–H and O–H groups in total. The Morgan fingerprint density at radius 3 is 2.57 bits per heavy atom. The average Bonchev–Trinajstić information content (AvgIpc) is 2.42. The Kier molecular flexibility index (Phi) is 5.07. The second-order valence-corrected chi connectivity index (χ2v) is 5.66. The van der Waals surface area contributed by atoms with E-state index in [4.69, 9.17) is 16.3 Å². The number of rotatable bonds is 5. The zero-order valence-electron chi connectivity index (χ0n) is 12.4. The number of ether oxygens (including phenoxy) is 1. The molecule has 0 bridgehead atoms. The Morgan fingerprint density at radius 2 is 1.95 bits per heavy atom. The van der Waals surface area contributed by atoms with Crippen LogP contribution in [0, 0.1) is 12.7 Å². The van der Waals surface area contributed by atoms with Crippen LogP contribution in [0.1, 0.15) is 25.0 Å². The van der Waals surface area contributed by atoms with Crippen LogP contribution < -0.4 is 10.1 Å². The number of hydrogen-bond acceptors (Lipinski definition) is 2. The molecule has 0 amide bonds. The van der Waals surface area contributed by atoms with Crippen molar-refractivity contribution in [1.82, 2.24) is 0 Å². The lowest BCUT2D eigenvalue weighted by Gasteiger charge is -2.13. The van der Waals surface area contributed by atoms with Gasteiger partial charge in [0.15, 0.2) is 0 Å². The zero-order chi connectivity index (χ0) is 15.4. The summed E-state index contributed by atoms with van der Waals surface area (Å²) in [6, 6.07) is 10.7. The molecule has 0 radical (unpaired) electrons. The lowest BCUT2D eigenvalue weighted by Crippen LogP contribution is -2.06. The molecule has 0 aliphatic heterocycles. The molecule has 0 fully saturated rings. The summed E-state index contributed by atoms with van der Waals surface area (Å²) in [5.41, 5.74) is 2.57. The first-order chi connectivity index (χ1) is 9.95. The van der Waals surface area contributed by atoms with Crippen LogP contribution in [0.2, 0.25) is 5.02 Å². The summed E-state index contributed by atoms with van der Waals surface area (Å²) in [6.07, 6.45) is 0.0866.